The molecule has 2 atom stereocenters. The fraction of sp³-hybridized carbons (Fsp3) is 0.878. The maximum atomic E-state index is 12.7. The van der Waals surface area contributed by atoms with Crippen molar-refractivity contribution in [1.29, 1.82) is 0 Å². The van der Waals surface area contributed by atoms with Crippen LogP contribution in [-0.4, -0.2) is 70.0 Å². The Bertz CT molecular complexity index is 1060. The zero-order valence-electron chi connectivity index (χ0n) is 39.2. The number of ether oxygens (including phenoxy) is 2. The Labute approximate surface area is 364 Å². The van der Waals surface area contributed by atoms with Gasteiger partial charge in [-0.05, 0) is 44.9 Å². The highest BCUT2D eigenvalue weighted by atomic mass is 31.2. The van der Waals surface area contributed by atoms with Gasteiger partial charge < -0.3 is 27.9 Å². The Morgan fingerprint density at radius 3 is 1.34 bits per heavy atom. The molecule has 0 spiro atoms. The number of carbonyl (C=O) groups excluding carboxylic acids is 2. The standard InChI is InChI=1S/C49H94NO8P/c1-6-8-10-12-14-15-16-17-18-19-20-21-22-23-24-25-26-27-28-29-30-31-32-33-34-35-36-38-40-42-49(52)58-47(45-55-48(51)41-39-37-13-11-9-7-2)46-57-59(53,54)56-44-43-50(3,4)5/h16-17,19-20,47H,6-15,18,21-46H2,1-5H3/b17-16-,20-19-. The minimum atomic E-state index is -4.61. The van der Waals surface area contributed by atoms with Crippen LogP contribution in [0.2, 0.25) is 0 Å². The highest BCUT2D eigenvalue weighted by Gasteiger charge is 2.21. The lowest BCUT2D eigenvalue weighted by molar-refractivity contribution is -0.870. The average Bonchev–Trinajstić information content (AvgIpc) is 3.19. The van der Waals surface area contributed by atoms with Gasteiger partial charge in [0.25, 0.3) is 7.82 Å². The normalized spacial score (nSPS) is 13.7. The summed E-state index contributed by atoms with van der Waals surface area (Å²) < 4.78 is 33.8. The van der Waals surface area contributed by atoms with Gasteiger partial charge in [0.1, 0.15) is 19.8 Å². The third-order valence-corrected chi connectivity index (χ3v) is 11.7. The van der Waals surface area contributed by atoms with Crippen molar-refractivity contribution in [1.82, 2.24) is 0 Å². The van der Waals surface area contributed by atoms with Crippen LogP contribution in [-0.2, 0) is 32.7 Å². The number of likely N-dealkylation sites (N-methyl/N-ethyl adjacent to an activating group) is 1. The fourth-order valence-electron chi connectivity index (χ4n) is 6.86. The van der Waals surface area contributed by atoms with Gasteiger partial charge in [-0.2, -0.15) is 0 Å². The molecule has 0 aromatic rings. The number of unbranched alkanes of at least 4 members (excludes halogenated alkanes) is 27. The zero-order chi connectivity index (χ0) is 43.6. The number of hydrogen-bond donors (Lipinski definition) is 0. The monoisotopic (exact) mass is 856 g/mol. The van der Waals surface area contributed by atoms with E-state index in [2.05, 4.69) is 38.2 Å². The van der Waals surface area contributed by atoms with Crippen LogP contribution in [0.5, 0.6) is 0 Å². The number of phosphoric ester groups is 1. The maximum absolute atomic E-state index is 12.7. The third-order valence-electron chi connectivity index (χ3n) is 10.7. The summed E-state index contributed by atoms with van der Waals surface area (Å²) in [7, 11) is 1.17. The molecule has 0 aliphatic heterocycles. The summed E-state index contributed by atoms with van der Waals surface area (Å²) in [5.74, 6) is -0.836. The Hall–Kier alpha value is -1.51. The number of rotatable bonds is 45. The minimum Gasteiger partial charge on any atom is -0.756 e. The number of carbonyl (C=O) groups is 2. The van der Waals surface area contributed by atoms with Crippen molar-refractivity contribution in [3.8, 4) is 0 Å². The van der Waals surface area contributed by atoms with Crippen LogP contribution < -0.4 is 4.89 Å². The molecule has 0 aromatic carbocycles. The summed E-state index contributed by atoms with van der Waals surface area (Å²) in [6.07, 6.45) is 46.9. The van der Waals surface area contributed by atoms with Crippen molar-refractivity contribution in [3.63, 3.8) is 0 Å². The molecule has 0 rings (SSSR count). The molecule has 0 bridgehead atoms. The molecule has 9 nitrogen and oxygen atoms in total. The van der Waals surface area contributed by atoms with Gasteiger partial charge in [0.15, 0.2) is 6.10 Å². The summed E-state index contributed by atoms with van der Waals surface area (Å²) >= 11 is 0. The van der Waals surface area contributed by atoms with E-state index in [1.54, 1.807) is 0 Å². The number of quaternary nitrogens is 1. The quantitative estimate of drug-likeness (QED) is 0.0196. The van der Waals surface area contributed by atoms with Gasteiger partial charge in [-0.15, -0.1) is 0 Å². The van der Waals surface area contributed by atoms with Gasteiger partial charge in [0.05, 0.1) is 27.7 Å². The van der Waals surface area contributed by atoms with Gasteiger partial charge in [-0.3, -0.25) is 14.2 Å². The van der Waals surface area contributed by atoms with Crippen molar-refractivity contribution in [2.24, 2.45) is 0 Å². The van der Waals surface area contributed by atoms with Crippen LogP contribution in [0.15, 0.2) is 24.3 Å². The molecule has 0 aliphatic rings. The van der Waals surface area contributed by atoms with Crippen molar-refractivity contribution in [2.75, 3.05) is 47.5 Å². The first-order chi connectivity index (χ1) is 28.5. The summed E-state index contributed by atoms with van der Waals surface area (Å²) in [5, 5.41) is 0. The van der Waals surface area contributed by atoms with Gasteiger partial charge in [-0.25, -0.2) is 0 Å². The number of esters is 2. The van der Waals surface area contributed by atoms with Crippen LogP contribution >= 0.6 is 7.82 Å². The van der Waals surface area contributed by atoms with Crippen molar-refractivity contribution < 1.29 is 42.1 Å². The third kappa shape index (κ3) is 45.8. The minimum absolute atomic E-state index is 0.0284. The molecule has 0 aromatic heterocycles. The van der Waals surface area contributed by atoms with E-state index < -0.39 is 26.5 Å². The topological polar surface area (TPSA) is 111 Å². The lowest BCUT2D eigenvalue weighted by atomic mass is 10.0. The second-order valence-electron chi connectivity index (χ2n) is 17.8. The number of phosphoric acid groups is 1. The van der Waals surface area contributed by atoms with Gasteiger partial charge >= 0.3 is 11.9 Å². The molecular weight excluding hydrogens is 762 g/mol. The molecule has 59 heavy (non-hydrogen) atoms. The molecule has 0 saturated carbocycles. The number of allylic oxidation sites excluding steroid dienone is 4. The first-order valence-corrected chi connectivity index (χ1v) is 26.0. The molecule has 348 valence electrons. The van der Waals surface area contributed by atoms with Crippen LogP contribution in [0.3, 0.4) is 0 Å². The van der Waals surface area contributed by atoms with Gasteiger partial charge in [0.2, 0.25) is 0 Å². The van der Waals surface area contributed by atoms with E-state index >= 15 is 0 Å². The average molecular weight is 856 g/mol. The Morgan fingerprint density at radius 2 is 0.915 bits per heavy atom. The maximum Gasteiger partial charge on any atom is 0.306 e. The molecule has 0 heterocycles. The lowest BCUT2D eigenvalue weighted by Gasteiger charge is -2.28. The number of hydrogen-bond acceptors (Lipinski definition) is 8. The molecule has 2 unspecified atom stereocenters. The Balaban J connectivity index is 3.95. The molecular formula is C49H94NO8P. The highest BCUT2D eigenvalue weighted by Crippen LogP contribution is 2.38. The Kier molecular flexibility index (Phi) is 40.8. The Morgan fingerprint density at radius 1 is 0.525 bits per heavy atom. The van der Waals surface area contributed by atoms with Crippen molar-refractivity contribution in [3.05, 3.63) is 24.3 Å². The molecule has 0 fully saturated rings. The second kappa shape index (κ2) is 41.8. The van der Waals surface area contributed by atoms with E-state index in [0.29, 0.717) is 17.4 Å². The van der Waals surface area contributed by atoms with E-state index in [0.717, 1.165) is 44.9 Å². The van der Waals surface area contributed by atoms with E-state index in [1.165, 1.54) is 148 Å². The van der Waals surface area contributed by atoms with Crippen LogP contribution in [0.4, 0.5) is 0 Å². The predicted octanol–water partition coefficient (Wildman–Crippen LogP) is 13.7. The van der Waals surface area contributed by atoms with Crippen LogP contribution in [0.1, 0.15) is 226 Å². The van der Waals surface area contributed by atoms with E-state index in [4.69, 9.17) is 18.5 Å². The van der Waals surface area contributed by atoms with Gasteiger partial charge in [-0.1, -0.05) is 192 Å². The van der Waals surface area contributed by atoms with Crippen molar-refractivity contribution in [2.45, 2.75) is 232 Å². The molecule has 0 radical (unpaired) electrons. The van der Waals surface area contributed by atoms with Gasteiger partial charge in [0, 0.05) is 12.8 Å². The van der Waals surface area contributed by atoms with E-state index in [9.17, 15) is 19.0 Å². The fourth-order valence-corrected chi connectivity index (χ4v) is 7.59. The van der Waals surface area contributed by atoms with E-state index in [1.807, 2.05) is 21.1 Å². The molecule has 0 amide bonds. The van der Waals surface area contributed by atoms with Crippen molar-refractivity contribution >= 4 is 19.8 Å². The summed E-state index contributed by atoms with van der Waals surface area (Å²) in [5.41, 5.74) is 0. The van der Waals surface area contributed by atoms with E-state index in [-0.39, 0.29) is 32.0 Å². The zero-order valence-corrected chi connectivity index (χ0v) is 40.1. The summed E-state index contributed by atoms with van der Waals surface area (Å²) in [6.45, 7) is 4.17. The SMILES string of the molecule is CCCCCCC/C=C\C/C=C\CCCCCCCCCCCCCCCCCCCC(=O)OC(COC(=O)CCCCCCCC)COP(=O)([O-])OCC[N+](C)(C)C. The first-order valence-electron chi connectivity index (χ1n) is 24.5. The molecule has 0 aliphatic carbocycles. The predicted molar refractivity (Wildman–Crippen MR) is 245 cm³/mol. The lowest BCUT2D eigenvalue weighted by Crippen LogP contribution is -2.37. The molecule has 0 N–H and O–H groups in total. The largest absolute Gasteiger partial charge is 0.756 e. The summed E-state index contributed by atoms with van der Waals surface area (Å²) in [4.78, 5) is 37.3. The highest BCUT2D eigenvalue weighted by molar-refractivity contribution is 7.45. The molecule has 0 saturated heterocycles. The smallest absolute Gasteiger partial charge is 0.306 e. The first kappa shape index (κ1) is 57.5. The van der Waals surface area contributed by atoms with Crippen LogP contribution in [0, 0.1) is 0 Å². The second-order valence-corrected chi connectivity index (χ2v) is 19.2. The summed E-state index contributed by atoms with van der Waals surface area (Å²) in [6, 6.07) is 0. The number of nitrogens with zero attached hydrogens (tertiary/aromatic N) is 1. The molecule has 10 heteroatoms. The van der Waals surface area contributed by atoms with Crippen LogP contribution in [0.25, 0.3) is 0 Å².